The molecule has 0 aliphatic carbocycles. The smallest absolute Gasteiger partial charge is 0.251 e. The van der Waals surface area contributed by atoms with E-state index in [1.165, 1.54) is 11.1 Å². The van der Waals surface area contributed by atoms with Gasteiger partial charge in [0.05, 0.1) is 5.56 Å². The lowest BCUT2D eigenvalue weighted by Gasteiger charge is -2.09. The number of aryl methyl sites for hydroxylation is 1. The summed E-state index contributed by atoms with van der Waals surface area (Å²) in [6, 6.07) is 16.3. The van der Waals surface area contributed by atoms with Gasteiger partial charge in [-0.3, -0.25) is 4.79 Å². The zero-order valence-corrected chi connectivity index (χ0v) is 12.3. The number of aromatic nitrogens is 1. The number of nitrogens with zero attached hydrogens (tertiary/aromatic N) is 1. The molecule has 3 aromatic rings. The minimum atomic E-state index is -0.369. The molecule has 2 aromatic carbocycles. The van der Waals surface area contributed by atoms with Crippen LogP contribution in [-0.2, 0) is 6.54 Å². The lowest BCUT2D eigenvalue weighted by atomic mass is 10.1. The van der Waals surface area contributed by atoms with Crippen molar-refractivity contribution in [3.8, 4) is 0 Å². The number of fused-ring (bicyclic) bond motifs is 1. The molecule has 0 aliphatic heterocycles. The number of primary amides is 1. The lowest BCUT2D eigenvalue weighted by molar-refractivity contribution is 0.100. The number of amides is 1. The van der Waals surface area contributed by atoms with E-state index in [-0.39, 0.29) is 5.91 Å². The van der Waals surface area contributed by atoms with Gasteiger partial charge in [0.15, 0.2) is 0 Å². The van der Waals surface area contributed by atoms with Gasteiger partial charge in [0.1, 0.15) is 0 Å². The third-order valence-electron chi connectivity index (χ3n) is 3.90. The van der Waals surface area contributed by atoms with Crippen molar-refractivity contribution < 1.29 is 4.79 Å². The molecule has 0 atom stereocenters. The van der Waals surface area contributed by atoms with Gasteiger partial charge in [0.25, 0.3) is 5.91 Å². The summed E-state index contributed by atoms with van der Waals surface area (Å²) in [4.78, 5) is 11.8. The van der Waals surface area contributed by atoms with Crippen LogP contribution in [-0.4, -0.2) is 10.5 Å². The maximum absolute atomic E-state index is 11.8. The number of carbonyl (C=O) groups excluding carboxylic acids is 1. The number of hydrogen-bond acceptors (Lipinski definition) is 1. The summed E-state index contributed by atoms with van der Waals surface area (Å²) in [6.45, 7) is 4.77. The molecule has 0 spiro atoms. The van der Waals surface area contributed by atoms with Gasteiger partial charge in [-0.05, 0) is 25.5 Å². The van der Waals surface area contributed by atoms with Gasteiger partial charge in [0.2, 0.25) is 0 Å². The molecule has 3 nitrogen and oxygen atoms in total. The Morgan fingerprint density at radius 1 is 1.10 bits per heavy atom. The highest BCUT2D eigenvalue weighted by atomic mass is 16.1. The average molecular weight is 278 g/mol. The molecular formula is C18H18N2O. The van der Waals surface area contributed by atoms with E-state index in [1.54, 1.807) is 0 Å². The van der Waals surface area contributed by atoms with E-state index in [0.717, 1.165) is 23.1 Å². The molecule has 0 unspecified atom stereocenters. The second-order valence-corrected chi connectivity index (χ2v) is 5.42. The molecule has 1 aromatic heterocycles. The first-order valence-corrected chi connectivity index (χ1v) is 7.01. The summed E-state index contributed by atoms with van der Waals surface area (Å²) in [7, 11) is 0. The molecule has 3 rings (SSSR count). The van der Waals surface area contributed by atoms with Gasteiger partial charge in [-0.1, -0.05) is 48.0 Å². The molecule has 1 heterocycles. The maximum atomic E-state index is 11.8. The molecule has 106 valence electrons. The Balaban J connectivity index is 2.18. The molecule has 0 saturated carbocycles. The second kappa shape index (κ2) is 5.09. The van der Waals surface area contributed by atoms with Crippen LogP contribution in [0, 0.1) is 13.8 Å². The number of nitrogens with two attached hydrogens (primary N) is 1. The number of benzene rings is 2. The monoisotopic (exact) mass is 278 g/mol. The van der Waals surface area contributed by atoms with Crippen molar-refractivity contribution in [3.05, 3.63) is 70.9 Å². The third kappa shape index (κ3) is 2.31. The van der Waals surface area contributed by atoms with Crippen molar-refractivity contribution in [2.24, 2.45) is 5.73 Å². The number of para-hydroxylation sites is 1. The van der Waals surface area contributed by atoms with Crippen LogP contribution in [0.4, 0.5) is 0 Å². The molecule has 0 aliphatic rings. The highest BCUT2D eigenvalue weighted by molar-refractivity contribution is 6.07. The fraction of sp³-hybridized carbons (Fsp3) is 0.167. The van der Waals surface area contributed by atoms with Crippen LogP contribution in [0.5, 0.6) is 0 Å². The predicted molar refractivity (Wildman–Crippen MR) is 85.5 cm³/mol. The fourth-order valence-electron chi connectivity index (χ4n) is 2.94. The van der Waals surface area contributed by atoms with E-state index >= 15 is 0 Å². The van der Waals surface area contributed by atoms with Crippen molar-refractivity contribution in [2.75, 3.05) is 0 Å². The van der Waals surface area contributed by atoms with Crippen LogP contribution in [0.2, 0.25) is 0 Å². The van der Waals surface area contributed by atoms with Crippen molar-refractivity contribution in [2.45, 2.75) is 20.4 Å². The summed E-state index contributed by atoms with van der Waals surface area (Å²) in [5, 5.41) is 0.926. The first kappa shape index (κ1) is 13.4. The Morgan fingerprint density at radius 3 is 2.57 bits per heavy atom. The molecule has 2 N–H and O–H groups in total. The Hall–Kier alpha value is -2.55. The van der Waals surface area contributed by atoms with Gasteiger partial charge in [0, 0.05) is 23.1 Å². The van der Waals surface area contributed by atoms with Crippen LogP contribution in [0.1, 0.15) is 27.2 Å². The molecule has 0 fully saturated rings. The first-order valence-electron chi connectivity index (χ1n) is 7.01. The van der Waals surface area contributed by atoms with Crippen molar-refractivity contribution >= 4 is 16.8 Å². The number of carbonyl (C=O) groups is 1. The standard InChI is InChI=1S/C18H18N2O/c1-12-6-5-7-14(10-12)11-20-13(2)17(18(19)21)15-8-3-4-9-16(15)20/h3-10H,11H2,1-2H3,(H2,19,21). The first-order chi connectivity index (χ1) is 10.1. The molecule has 3 heteroatoms. The van der Waals surface area contributed by atoms with Crippen molar-refractivity contribution in [3.63, 3.8) is 0 Å². The van der Waals surface area contributed by atoms with Gasteiger partial charge >= 0.3 is 0 Å². The SMILES string of the molecule is Cc1cccc(Cn2c(C)c(C(N)=O)c3ccccc32)c1. The Kier molecular flexibility index (Phi) is 3.26. The zero-order chi connectivity index (χ0) is 15.0. The average Bonchev–Trinajstić information content (AvgIpc) is 2.72. The van der Waals surface area contributed by atoms with E-state index in [4.69, 9.17) is 5.73 Å². The summed E-state index contributed by atoms with van der Waals surface area (Å²) in [6.07, 6.45) is 0. The molecule has 21 heavy (non-hydrogen) atoms. The summed E-state index contributed by atoms with van der Waals surface area (Å²) >= 11 is 0. The third-order valence-corrected chi connectivity index (χ3v) is 3.90. The van der Waals surface area contributed by atoms with Crippen LogP contribution >= 0.6 is 0 Å². The molecule has 0 bridgehead atoms. The minimum absolute atomic E-state index is 0.369. The molecular weight excluding hydrogens is 260 g/mol. The second-order valence-electron chi connectivity index (χ2n) is 5.42. The highest BCUT2D eigenvalue weighted by Crippen LogP contribution is 2.26. The Labute approximate surface area is 124 Å². The molecule has 0 radical (unpaired) electrons. The highest BCUT2D eigenvalue weighted by Gasteiger charge is 2.17. The van der Waals surface area contributed by atoms with Gasteiger partial charge in [-0.2, -0.15) is 0 Å². The largest absolute Gasteiger partial charge is 0.366 e. The molecule has 0 saturated heterocycles. The van der Waals surface area contributed by atoms with E-state index < -0.39 is 0 Å². The Bertz CT molecular complexity index is 830. The van der Waals surface area contributed by atoms with Crippen LogP contribution in [0.3, 0.4) is 0 Å². The zero-order valence-electron chi connectivity index (χ0n) is 12.3. The van der Waals surface area contributed by atoms with E-state index in [0.29, 0.717) is 5.56 Å². The number of rotatable bonds is 3. The minimum Gasteiger partial charge on any atom is -0.366 e. The van der Waals surface area contributed by atoms with Gasteiger partial charge in [-0.15, -0.1) is 0 Å². The van der Waals surface area contributed by atoms with Gasteiger partial charge < -0.3 is 10.3 Å². The summed E-state index contributed by atoms with van der Waals surface area (Å²) in [5.74, 6) is -0.369. The normalized spacial score (nSPS) is 11.0. The van der Waals surface area contributed by atoms with E-state index in [1.807, 2.05) is 31.2 Å². The van der Waals surface area contributed by atoms with E-state index in [2.05, 4.69) is 35.8 Å². The fourth-order valence-corrected chi connectivity index (χ4v) is 2.94. The summed E-state index contributed by atoms with van der Waals surface area (Å²) < 4.78 is 2.16. The predicted octanol–water partition coefficient (Wildman–Crippen LogP) is 3.41. The van der Waals surface area contributed by atoms with Crippen LogP contribution < -0.4 is 5.73 Å². The van der Waals surface area contributed by atoms with Crippen LogP contribution in [0.15, 0.2) is 48.5 Å². The van der Waals surface area contributed by atoms with Gasteiger partial charge in [-0.25, -0.2) is 0 Å². The number of hydrogen-bond donors (Lipinski definition) is 1. The van der Waals surface area contributed by atoms with Crippen molar-refractivity contribution in [1.82, 2.24) is 4.57 Å². The van der Waals surface area contributed by atoms with Crippen LogP contribution in [0.25, 0.3) is 10.9 Å². The Morgan fingerprint density at radius 2 is 1.86 bits per heavy atom. The molecule has 1 amide bonds. The quantitative estimate of drug-likeness (QED) is 0.784. The maximum Gasteiger partial charge on any atom is 0.251 e. The van der Waals surface area contributed by atoms with Crippen molar-refractivity contribution in [1.29, 1.82) is 0 Å². The topological polar surface area (TPSA) is 48.0 Å². The lowest BCUT2D eigenvalue weighted by Crippen LogP contribution is -2.13. The van der Waals surface area contributed by atoms with E-state index in [9.17, 15) is 4.79 Å². The summed E-state index contributed by atoms with van der Waals surface area (Å²) in [5.41, 5.74) is 10.6.